The van der Waals surface area contributed by atoms with E-state index in [1.165, 1.54) is 10.8 Å². The molecule has 0 saturated carbocycles. The number of aromatic nitrogens is 8. The van der Waals surface area contributed by atoms with E-state index in [1.54, 1.807) is 0 Å². The van der Waals surface area contributed by atoms with Crippen LogP contribution in [0.25, 0.3) is 89.3 Å². The highest BCUT2D eigenvalue weighted by molar-refractivity contribution is 6.09. The van der Waals surface area contributed by atoms with Crippen LogP contribution in [0.5, 0.6) is 0 Å². The van der Waals surface area contributed by atoms with Gasteiger partial charge in [0.05, 0.1) is 33.1 Å². The largest absolute Gasteiger partial charge is 0.294 e. The maximum atomic E-state index is 5.35. The Bertz CT molecular complexity index is 2980. The average molecular weight is 591 g/mol. The standard InChI is InChI=1S/C38H22N8/c1-2-11-23(12-3-1)24-15-10-20-32-34(24)42-38-45(32)36-39-27-16-6-9-19-31(27)44(36)37-40-28-21-22-33(41-35(28)46(37)38)43-29-17-7-4-13-25(29)26-14-5-8-18-30(26)43/h1-22H. The number of benzene rings is 5. The number of fused-ring (bicyclic) bond motifs is 15. The Labute approximate surface area is 260 Å². The molecule has 0 aliphatic carbocycles. The van der Waals surface area contributed by atoms with Crippen molar-refractivity contribution in [2.24, 2.45) is 0 Å². The molecule has 0 atom stereocenters. The van der Waals surface area contributed by atoms with Crippen LogP contribution >= 0.6 is 0 Å². The minimum atomic E-state index is 0.713. The fourth-order valence-corrected chi connectivity index (χ4v) is 7.21. The van der Waals surface area contributed by atoms with Gasteiger partial charge in [-0.1, -0.05) is 91.0 Å². The molecule has 11 aromatic rings. The lowest BCUT2D eigenvalue weighted by molar-refractivity contribution is 1.00. The first kappa shape index (κ1) is 23.9. The molecule has 0 unspecified atom stereocenters. The van der Waals surface area contributed by atoms with Gasteiger partial charge in [0.15, 0.2) is 5.65 Å². The lowest BCUT2D eigenvalue weighted by Crippen LogP contribution is -2.05. The summed E-state index contributed by atoms with van der Waals surface area (Å²) in [5.74, 6) is 3.01. The summed E-state index contributed by atoms with van der Waals surface area (Å²) in [6, 6.07) is 46.0. The molecule has 11 rings (SSSR count). The number of hydrogen-bond donors (Lipinski definition) is 0. The zero-order valence-electron chi connectivity index (χ0n) is 24.3. The minimum absolute atomic E-state index is 0.713. The molecule has 0 bridgehead atoms. The third-order valence-electron chi connectivity index (χ3n) is 9.18. The summed E-state index contributed by atoms with van der Waals surface area (Å²) in [7, 11) is 0. The van der Waals surface area contributed by atoms with Gasteiger partial charge in [-0.25, -0.2) is 33.1 Å². The van der Waals surface area contributed by atoms with E-state index >= 15 is 0 Å². The van der Waals surface area contributed by atoms with Crippen molar-refractivity contribution in [2.45, 2.75) is 0 Å². The molecule has 8 heteroatoms. The van der Waals surface area contributed by atoms with E-state index in [0.717, 1.165) is 72.8 Å². The van der Waals surface area contributed by atoms with Crippen molar-refractivity contribution in [2.75, 3.05) is 0 Å². The van der Waals surface area contributed by atoms with E-state index in [4.69, 9.17) is 19.9 Å². The molecule has 0 aliphatic heterocycles. The van der Waals surface area contributed by atoms with Gasteiger partial charge in [0, 0.05) is 16.3 Å². The van der Waals surface area contributed by atoms with Crippen molar-refractivity contribution in [1.29, 1.82) is 0 Å². The van der Waals surface area contributed by atoms with Gasteiger partial charge in [-0.2, -0.15) is 0 Å². The topological polar surface area (TPSA) is 69.7 Å². The van der Waals surface area contributed by atoms with Gasteiger partial charge in [0.2, 0.25) is 17.3 Å². The highest BCUT2D eigenvalue weighted by Crippen LogP contribution is 2.34. The highest BCUT2D eigenvalue weighted by Gasteiger charge is 2.23. The first-order valence-corrected chi connectivity index (χ1v) is 15.3. The van der Waals surface area contributed by atoms with Crippen molar-refractivity contribution < 1.29 is 0 Å². The quantitative estimate of drug-likeness (QED) is 0.203. The van der Waals surface area contributed by atoms with Crippen molar-refractivity contribution in [3.05, 3.63) is 133 Å². The number of pyridine rings is 1. The summed E-state index contributed by atoms with van der Waals surface area (Å²) in [6.45, 7) is 0. The van der Waals surface area contributed by atoms with Crippen LogP contribution in [-0.4, -0.2) is 37.7 Å². The summed E-state index contributed by atoms with van der Waals surface area (Å²) < 4.78 is 8.59. The van der Waals surface area contributed by atoms with Gasteiger partial charge in [0.1, 0.15) is 11.3 Å². The molecule has 0 saturated heterocycles. The third-order valence-corrected chi connectivity index (χ3v) is 9.18. The van der Waals surface area contributed by atoms with Gasteiger partial charge >= 0.3 is 0 Å². The predicted molar refractivity (Wildman–Crippen MR) is 183 cm³/mol. The van der Waals surface area contributed by atoms with E-state index in [9.17, 15) is 0 Å². The van der Waals surface area contributed by atoms with Crippen LogP contribution in [0.3, 0.4) is 0 Å². The second-order valence-corrected chi connectivity index (χ2v) is 11.7. The maximum Gasteiger partial charge on any atom is 0.226 e. The predicted octanol–water partition coefficient (Wildman–Crippen LogP) is 8.25. The van der Waals surface area contributed by atoms with E-state index in [1.807, 2.05) is 24.3 Å². The summed E-state index contributed by atoms with van der Waals surface area (Å²) >= 11 is 0. The number of nitrogens with zero attached hydrogens (tertiary/aromatic N) is 8. The fourth-order valence-electron chi connectivity index (χ4n) is 7.21. The van der Waals surface area contributed by atoms with Crippen molar-refractivity contribution in [3.63, 3.8) is 0 Å². The lowest BCUT2D eigenvalue weighted by Gasteiger charge is -2.08. The summed E-state index contributed by atoms with van der Waals surface area (Å²) in [4.78, 5) is 21.0. The normalized spacial score (nSPS) is 12.3. The van der Waals surface area contributed by atoms with Crippen LogP contribution in [-0.2, 0) is 0 Å². The SMILES string of the molecule is c1ccc(-c2cccc3c2nc2n3c3nc4ccccc4n3c3nc4ccc(-n5c6ccccc6c6ccccc65)nc4n32)cc1. The van der Waals surface area contributed by atoms with E-state index in [0.29, 0.717) is 5.78 Å². The average Bonchev–Trinajstić information content (AvgIpc) is 3.87. The lowest BCUT2D eigenvalue weighted by atomic mass is 10.0. The number of hydrogen-bond acceptors (Lipinski definition) is 4. The molecule has 0 fully saturated rings. The molecule has 214 valence electrons. The van der Waals surface area contributed by atoms with E-state index < -0.39 is 0 Å². The third kappa shape index (κ3) is 2.97. The minimum Gasteiger partial charge on any atom is -0.294 e. The van der Waals surface area contributed by atoms with Crippen LogP contribution in [0.2, 0.25) is 0 Å². The van der Waals surface area contributed by atoms with Gasteiger partial charge in [0.25, 0.3) is 0 Å². The van der Waals surface area contributed by atoms with Gasteiger partial charge in [-0.15, -0.1) is 0 Å². The van der Waals surface area contributed by atoms with Crippen LogP contribution < -0.4 is 0 Å². The van der Waals surface area contributed by atoms with Crippen LogP contribution in [0.4, 0.5) is 0 Å². The molecule has 5 aromatic carbocycles. The van der Waals surface area contributed by atoms with Gasteiger partial charge in [-0.3, -0.25) is 4.57 Å². The number of para-hydroxylation sites is 5. The highest BCUT2D eigenvalue weighted by atomic mass is 15.3. The Kier molecular flexibility index (Phi) is 4.43. The van der Waals surface area contributed by atoms with Crippen LogP contribution in [0, 0.1) is 0 Å². The first-order valence-electron chi connectivity index (χ1n) is 15.3. The number of rotatable bonds is 2. The zero-order valence-corrected chi connectivity index (χ0v) is 24.3. The Hall–Kier alpha value is -6.54. The van der Waals surface area contributed by atoms with Gasteiger partial charge < -0.3 is 0 Å². The smallest absolute Gasteiger partial charge is 0.226 e. The zero-order chi connectivity index (χ0) is 29.9. The summed E-state index contributed by atoms with van der Waals surface area (Å²) in [6.07, 6.45) is 0. The summed E-state index contributed by atoms with van der Waals surface area (Å²) in [5.41, 5.74) is 9.64. The molecule has 0 amide bonds. The Morgan fingerprint density at radius 3 is 1.80 bits per heavy atom. The molecule has 6 heterocycles. The number of imidazole rings is 3. The second kappa shape index (κ2) is 8.55. The van der Waals surface area contributed by atoms with Crippen molar-refractivity contribution in [1.82, 2.24) is 37.7 Å². The molecule has 46 heavy (non-hydrogen) atoms. The Morgan fingerprint density at radius 1 is 0.391 bits per heavy atom. The molecule has 8 nitrogen and oxygen atoms in total. The Balaban J connectivity index is 1.33. The second-order valence-electron chi connectivity index (χ2n) is 11.7. The van der Waals surface area contributed by atoms with Crippen LogP contribution in [0.1, 0.15) is 0 Å². The fraction of sp³-hybridized carbons (Fsp3) is 0. The molecule has 0 N–H and O–H groups in total. The molecular weight excluding hydrogens is 568 g/mol. The molecule has 6 aromatic heterocycles. The molecule has 0 radical (unpaired) electrons. The van der Waals surface area contributed by atoms with E-state index in [-0.39, 0.29) is 0 Å². The monoisotopic (exact) mass is 590 g/mol. The first-order chi connectivity index (χ1) is 22.8. The van der Waals surface area contributed by atoms with E-state index in [2.05, 4.69) is 127 Å². The summed E-state index contributed by atoms with van der Waals surface area (Å²) in [5, 5.41) is 2.39. The molecule has 0 aliphatic rings. The van der Waals surface area contributed by atoms with Crippen molar-refractivity contribution in [3.8, 4) is 16.9 Å². The van der Waals surface area contributed by atoms with Crippen molar-refractivity contribution >= 4 is 72.4 Å². The van der Waals surface area contributed by atoms with Gasteiger partial charge in [-0.05, 0) is 48.0 Å². The molecular formula is C38H22N8. The molecule has 0 spiro atoms. The Morgan fingerprint density at radius 2 is 1.00 bits per heavy atom. The maximum absolute atomic E-state index is 5.35. The van der Waals surface area contributed by atoms with Crippen LogP contribution in [0.15, 0.2) is 133 Å².